The number of aliphatic carboxylic acids is 1. The van der Waals surface area contributed by atoms with Crippen molar-refractivity contribution in [3.63, 3.8) is 0 Å². The molecule has 1 aromatic carbocycles. The molecule has 0 radical (unpaired) electrons. The summed E-state index contributed by atoms with van der Waals surface area (Å²) in [5.74, 6) is -1.78. The van der Waals surface area contributed by atoms with Gasteiger partial charge < -0.3 is 5.11 Å². The van der Waals surface area contributed by atoms with E-state index in [1.165, 1.54) is 6.07 Å². The van der Waals surface area contributed by atoms with Gasteiger partial charge in [-0.1, -0.05) is 13.0 Å². The van der Waals surface area contributed by atoms with Gasteiger partial charge in [-0.3, -0.25) is 14.6 Å². The molecule has 0 atom stereocenters. The molecule has 1 heterocycles. The predicted octanol–water partition coefficient (Wildman–Crippen LogP) is 3.22. The first-order chi connectivity index (χ1) is 11.7. The molecule has 1 saturated heterocycles. The number of halogens is 4. The highest BCUT2D eigenvalue weighted by atomic mass is 19.4. The van der Waals surface area contributed by atoms with Crippen molar-refractivity contribution in [2.24, 2.45) is 0 Å². The first-order valence-electron chi connectivity index (χ1n) is 8.24. The number of benzene rings is 1. The number of carboxylic acid groups (broad SMARTS) is 1. The number of carboxylic acids is 1. The molecule has 0 unspecified atom stereocenters. The van der Waals surface area contributed by atoms with E-state index < -0.39 is 23.5 Å². The molecule has 1 aromatic rings. The maximum Gasteiger partial charge on any atom is 0.416 e. The van der Waals surface area contributed by atoms with E-state index in [0.29, 0.717) is 38.5 Å². The molecule has 0 amide bonds. The molecular formula is C17H22F4N2O2. The van der Waals surface area contributed by atoms with E-state index in [1.54, 1.807) is 0 Å². The Bertz CT molecular complexity index is 599. The van der Waals surface area contributed by atoms with Crippen molar-refractivity contribution in [2.75, 3.05) is 26.2 Å². The lowest BCUT2D eigenvalue weighted by molar-refractivity contribution is -0.139. The van der Waals surface area contributed by atoms with Gasteiger partial charge in [-0.25, -0.2) is 4.39 Å². The van der Waals surface area contributed by atoms with Crippen LogP contribution in [0.25, 0.3) is 0 Å². The predicted molar refractivity (Wildman–Crippen MR) is 84.6 cm³/mol. The van der Waals surface area contributed by atoms with Gasteiger partial charge in [0.05, 0.1) is 12.1 Å². The van der Waals surface area contributed by atoms with Crippen LogP contribution in [-0.4, -0.2) is 53.1 Å². The van der Waals surface area contributed by atoms with Crippen LogP contribution < -0.4 is 0 Å². The van der Waals surface area contributed by atoms with Crippen molar-refractivity contribution in [1.82, 2.24) is 9.80 Å². The number of nitrogens with zero attached hydrogens (tertiary/aromatic N) is 2. The zero-order valence-electron chi connectivity index (χ0n) is 14.0. The monoisotopic (exact) mass is 362 g/mol. The minimum Gasteiger partial charge on any atom is -0.480 e. The SMILES string of the molecule is CCN(CC(=O)O)C1CCN(Cc2ccc(F)cc2C(F)(F)F)CC1. The van der Waals surface area contributed by atoms with Gasteiger partial charge >= 0.3 is 12.1 Å². The second-order valence-electron chi connectivity index (χ2n) is 6.26. The summed E-state index contributed by atoms with van der Waals surface area (Å²) in [5.41, 5.74) is -0.874. The molecule has 2 rings (SSSR count). The summed E-state index contributed by atoms with van der Waals surface area (Å²) in [6.45, 7) is 3.74. The zero-order valence-corrected chi connectivity index (χ0v) is 14.0. The standard InChI is InChI=1S/C17H22F4N2O2/c1-2-23(11-16(24)25)14-5-7-22(8-6-14)10-12-3-4-13(18)9-15(12)17(19,20)21/h3-4,9,14H,2,5-8,10-11H2,1H3,(H,24,25). The van der Waals surface area contributed by atoms with Crippen LogP contribution in [0.5, 0.6) is 0 Å². The van der Waals surface area contributed by atoms with Gasteiger partial charge in [0.25, 0.3) is 0 Å². The normalized spacial score (nSPS) is 17.2. The summed E-state index contributed by atoms with van der Waals surface area (Å²) in [5, 5.41) is 8.93. The highest BCUT2D eigenvalue weighted by Crippen LogP contribution is 2.33. The Morgan fingerprint density at radius 2 is 1.96 bits per heavy atom. The number of alkyl halides is 3. The minimum absolute atomic E-state index is 0.0304. The van der Waals surface area contributed by atoms with Crippen LogP contribution in [0, 0.1) is 5.82 Å². The van der Waals surface area contributed by atoms with Crippen LogP contribution in [0.3, 0.4) is 0 Å². The van der Waals surface area contributed by atoms with E-state index in [4.69, 9.17) is 5.11 Å². The van der Waals surface area contributed by atoms with Gasteiger partial charge in [0.15, 0.2) is 0 Å². The Kier molecular flexibility index (Phi) is 6.40. The van der Waals surface area contributed by atoms with E-state index in [-0.39, 0.29) is 24.7 Å². The number of hydrogen-bond donors (Lipinski definition) is 1. The fourth-order valence-corrected chi connectivity index (χ4v) is 3.31. The quantitative estimate of drug-likeness (QED) is 0.790. The van der Waals surface area contributed by atoms with Crippen LogP contribution in [0.1, 0.15) is 30.9 Å². The van der Waals surface area contributed by atoms with Crippen LogP contribution >= 0.6 is 0 Å². The molecule has 0 aliphatic carbocycles. The summed E-state index contributed by atoms with van der Waals surface area (Å²) >= 11 is 0. The van der Waals surface area contributed by atoms with Gasteiger partial charge in [-0.2, -0.15) is 13.2 Å². The van der Waals surface area contributed by atoms with Gasteiger partial charge in [-0.15, -0.1) is 0 Å². The number of rotatable bonds is 6. The Hall–Kier alpha value is -1.67. The van der Waals surface area contributed by atoms with Crippen molar-refractivity contribution >= 4 is 5.97 Å². The number of likely N-dealkylation sites (tertiary alicyclic amines) is 1. The highest BCUT2D eigenvalue weighted by Gasteiger charge is 2.34. The van der Waals surface area contributed by atoms with Crippen LogP contribution in [0.2, 0.25) is 0 Å². The van der Waals surface area contributed by atoms with Crippen molar-refractivity contribution in [1.29, 1.82) is 0 Å². The summed E-state index contributed by atoms with van der Waals surface area (Å²) in [7, 11) is 0. The lowest BCUT2D eigenvalue weighted by atomic mass is 10.0. The van der Waals surface area contributed by atoms with E-state index in [2.05, 4.69) is 0 Å². The summed E-state index contributed by atoms with van der Waals surface area (Å²) in [4.78, 5) is 14.7. The molecule has 0 aromatic heterocycles. The average molecular weight is 362 g/mol. The van der Waals surface area contributed by atoms with Crippen LogP contribution in [-0.2, 0) is 17.5 Å². The first kappa shape index (κ1) is 19.7. The second-order valence-corrected chi connectivity index (χ2v) is 6.26. The Balaban J connectivity index is 2.00. The third kappa shape index (κ3) is 5.40. The van der Waals surface area contributed by atoms with Crippen molar-refractivity contribution in [3.05, 3.63) is 35.1 Å². The molecule has 1 fully saturated rings. The molecule has 140 valence electrons. The first-order valence-corrected chi connectivity index (χ1v) is 8.24. The molecule has 25 heavy (non-hydrogen) atoms. The van der Waals surface area contributed by atoms with E-state index in [9.17, 15) is 22.4 Å². The number of likely N-dealkylation sites (N-methyl/N-ethyl adjacent to an activating group) is 1. The topological polar surface area (TPSA) is 43.8 Å². The zero-order chi connectivity index (χ0) is 18.6. The lowest BCUT2D eigenvalue weighted by Crippen LogP contribution is -2.46. The van der Waals surface area contributed by atoms with Crippen molar-refractivity contribution in [2.45, 2.75) is 38.5 Å². The fourth-order valence-electron chi connectivity index (χ4n) is 3.31. The lowest BCUT2D eigenvalue weighted by Gasteiger charge is -2.37. The second kappa shape index (κ2) is 8.14. The highest BCUT2D eigenvalue weighted by molar-refractivity contribution is 5.69. The molecule has 1 N–H and O–H groups in total. The molecular weight excluding hydrogens is 340 g/mol. The molecule has 8 heteroatoms. The van der Waals surface area contributed by atoms with Crippen molar-refractivity contribution in [3.8, 4) is 0 Å². The van der Waals surface area contributed by atoms with Gasteiger partial charge in [0.2, 0.25) is 0 Å². The maximum atomic E-state index is 13.2. The molecule has 0 saturated carbocycles. The molecule has 0 bridgehead atoms. The van der Waals surface area contributed by atoms with Gasteiger partial charge in [0.1, 0.15) is 5.82 Å². The molecule has 0 spiro atoms. The molecule has 1 aliphatic rings. The number of hydrogen-bond acceptors (Lipinski definition) is 3. The maximum absolute atomic E-state index is 13.2. The molecule has 1 aliphatic heterocycles. The smallest absolute Gasteiger partial charge is 0.416 e. The fraction of sp³-hybridized carbons (Fsp3) is 0.588. The average Bonchev–Trinajstić information content (AvgIpc) is 2.54. The van der Waals surface area contributed by atoms with Gasteiger partial charge in [-0.05, 0) is 50.2 Å². The number of carbonyl (C=O) groups is 1. The van der Waals surface area contributed by atoms with Crippen LogP contribution in [0.15, 0.2) is 18.2 Å². The Morgan fingerprint density at radius 3 is 2.48 bits per heavy atom. The van der Waals surface area contributed by atoms with Gasteiger partial charge in [0, 0.05) is 12.6 Å². The summed E-state index contributed by atoms with van der Waals surface area (Å²) < 4.78 is 52.4. The molecule has 4 nitrogen and oxygen atoms in total. The number of piperidine rings is 1. The Morgan fingerprint density at radius 1 is 1.32 bits per heavy atom. The summed E-state index contributed by atoms with van der Waals surface area (Å²) in [6, 6.07) is 2.89. The van der Waals surface area contributed by atoms with Crippen LogP contribution in [0.4, 0.5) is 17.6 Å². The van der Waals surface area contributed by atoms with E-state index >= 15 is 0 Å². The third-order valence-electron chi connectivity index (χ3n) is 4.59. The van der Waals surface area contributed by atoms with Crippen molar-refractivity contribution < 1.29 is 27.5 Å². The minimum atomic E-state index is -4.59. The Labute approximate surface area is 144 Å². The summed E-state index contributed by atoms with van der Waals surface area (Å²) in [6.07, 6.45) is -3.19. The van der Waals surface area contributed by atoms with E-state index in [0.717, 1.165) is 6.07 Å². The third-order valence-corrected chi connectivity index (χ3v) is 4.59. The largest absolute Gasteiger partial charge is 0.480 e. The van der Waals surface area contributed by atoms with E-state index in [1.807, 2.05) is 16.7 Å².